The van der Waals surface area contributed by atoms with Crippen molar-refractivity contribution in [3.8, 4) is 0 Å². The van der Waals surface area contributed by atoms with Crippen LogP contribution in [-0.2, 0) is 12.7 Å². The number of benzene rings is 3. The highest BCUT2D eigenvalue weighted by Gasteiger charge is 2.37. The summed E-state index contributed by atoms with van der Waals surface area (Å²) in [5.41, 5.74) is -1.06. The Morgan fingerprint density at radius 2 is 1.89 bits per heavy atom. The molecule has 2 amide bonds. The molecule has 0 saturated heterocycles. The third kappa shape index (κ3) is 4.39. The molecule has 3 aromatic carbocycles. The smallest absolute Gasteiger partial charge is 0.341 e. The standard InChI is InChI=1S/C25H16ClF5N4O2/c1-2-35-10-12-7-18(32-23(36)11-5-13(25(29,30)31)8-15(28)6-11)19-20(21(12)34-35)24(37)33-22(19)16-9-14(27)3-4-17(16)26/h3-10,22H,2H2,1H3,(H,32,36)(H,33,37). The molecule has 2 N–H and O–H groups in total. The molecule has 12 heteroatoms. The lowest BCUT2D eigenvalue weighted by atomic mass is 9.94. The van der Waals surface area contributed by atoms with Crippen molar-refractivity contribution in [2.75, 3.05) is 5.32 Å². The fourth-order valence-electron chi connectivity index (χ4n) is 4.35. The summed E-state index contributed by atoms with van der Waals surface area (Å²) in [7, 11) is 0. The van der Waals surface area contributed by atoms with Crippen LogP contribution in [0.1, 0.15) is 50.4 Å². The van der Waals surface area contributed by atoms with Crippen molar-refractivity contribution in [3.63, 3.8) is 0 Å². The van der Waals surface area contributed by atoms with E-state index in [1.807, 2.05) is 6.92 Å². The van der Waals surface area contributed by atoms with Crippen molar-refractivity contribution in [1.29, 1.82) is 0 Å². The van der Waals surface area contributed by atoms with E-state index in [2.05, 4.69) is 15.7 Å². The van der Waals surface area contributed by atoms with Gasteiger partial charge in [0.1, 0.15) is 17.2 Å². The average Bonchev–Trinajstić information content (AvgIpc) is 3.40. The van der Waals surface area contributed by atoms with E-state index >= 15 is 0 Å². The predicted molar refractivity (Wildman–Crippen MR) is 125 cm³/mol. The van der Waals surface area contributed by atoms with Gasteiger partial charge in [-0.25, -0.2) is 8.78 Å². The van der Waals surface area contributed by atoms with Crippen molar-refractivity contribution in [2.45, 2.75) is 25.7 Å². The number of nitrogens with zero attached hydrogens (tertiary/aromatic N) is 2. The third-order valence-electron chi connectivity index (χ3n) is 6.01. The molecular formula is C25H16ClF5N4O2. The molecule has 0 aliphatic carbocycles. The van der Waals surface area contributed by atoms with Crippen LogP contribution in [0.5, 0.6) is 0 Å². The van der Waals surface area contributed by atoms with Crippen LogP contribution in [0.15, 0.2) is 48.7 Å². The van der Waals surface area contributed by atoms with Gasteiger partial charge in [0.2, 0.25) is 0 Å². The van der Waals surface area contributed by atoms with Crippen LogP contribution >= 0.6 is 11.6 Å². The van der Waals surface area contributed by atoms with E-state index in [0.717, 1.165) is 12.1 Å². The predicted octanol–water partition coefficient (Wildman–Crippen LogP) is 6.09. The first-order valence-electron chi connectivity index (χ1n) is 10.9. The van der Waals surface area contributed by atoms with Crippen molar-refractivity contribution < 1.29 is 31.5 Å². The van der Waals surface area contributed by atoms with Gasteiger partial charge in [-0.3, -0.25) is 14.3 Å². The van der Waals surface area contributed by atoms with Gasteiger partial charge in [-0.1, -0.05) is 11.6 Å². The molecule has 1 unspecified atom stereocenters. The maximum absolute atomic E-state index is 14.1. The van der Waals surface area contributed by atoms with Gasteiger partial charge < -0.3 is 10.6 Å². The van der Waals surface area contributed by atoms with Crippen molar-refractivity contribution >= 4 is 40.0 Å². The van der Waals surface area contributed by atoms with E-state index in [9.17, 15) is 31.5 Å². The fraction of sp³-hybridized carbons (Fsp3) is 0.160. The number of aryl methyl sites for hydroxylation is 1. The first-order valence-corrected chi connectivity index (χ1v) is 11.3. The Bertz CT molecular complexity index is 1600. The number of hydrogen-bond acceptors (Lipinski definition) is 3. The molecule has 0 bridgehead atoms. The molecule has 1 aromatic heterocycles. The van der Waals surface area contributed by atoms with Crippen molar-refractivity contribution in [2.24, 2.45) is 0 Å². The SMILES string of the molecule is CCn1cc2cc(NC(=O)c3cc(F)cc(C(F)(F)F)c3)c3c(c2n1)C(=O)NC3c1cc(F)ccc1Cl. The molecule has 6 nitrogen and oxygen atoms in total. The van der Waals surface area contributed by atoms with Gasteiger partial charge in [0.25, 0.3) is 11.8 Å². The van der Waals surface area contributed by atoms with Gasteiger partial charge in [-0.2, -0.15) is 18.3 Å². The van der Waals surface area contributed by atoms with E-state index < -0.39 is 46.8 Å². The summed E-state index contributed by atoms with van der Waals surface area (Å²) in [6, 6.07) is 5.55. The zero-order valence-corrected chi connectivity index (χ0v) is 19.6. The molecule has 5 rings (SSSR count). The molecule has 2 heterocycles. The zero-order chi connectivity index (χ0) is 26.6. The fourth-order valence-corrected chi connectivity index (χ4v) is 4.58. The number of nitrogens with one attached hydrogen (secondary N) is 2. The number of rotatable bonds is 4. The van der Waals surface area contributed by atoms with Gasteiger partial charge in [0.05, 0.1) is 17.2 Å². The zero-order valence-electron chi connectivity index (χ0n) is 18.9. The molecule has 0 saturated carbocycles. The van der Waals surface area contributed by atoms with Gasteiger partial charge in [-0.15, -0.1) is 0 Å². The monoisotopic (exact) mass is 534 g/mol. The van der Waals surface area contributed by atoms with E-state index in [1.165, 1.54) is 12.1 Å². The lowest BCUT2D eigenvalue weighted by Crippen LogP contribution is -2.21. The Morgan fingerprint density at radius 3 is 2.59 bits per heavy atom. The second-order valence-electron chi connectivity index (χ2n) is 8.39. The second kappa shape index (κ2) is 8.84. The summed E-state index contributed by atoms with van der Waals surface area (Å²) in [5, 5.41) is 10.2. The minimum atomic E-state index is -4.87. The van der Waals surface area contributed by atoms with Gasteiger partial charge in [0, 0.05) is 45.5 Å². The van der Waals surface area contributed by atoms with Gasteiger partial charge in [0.15, 0.2) is 0 Å². The minimum absolute atomic E-state index is 0.0460. The number of carbonyl (C=O) groups is 2. The molecule has 1 aliphatic heterocycles. The average molecular weight is 535 g/mol. The van der Waals surface area contributed by atoms with Crippen LogP contribution < -0.4 is 10.6 Å². The summed E-state index contributed by atoms with van der Waals surface area (Å²) in [4.78, 5) is 26.1. The molecular weight excluding hydrogens is 519 g/mol. The Labute approximate surface area is 211 Å². The number of fused-ring (bicyclic) bond motifs is 3. The van der Waals surface area contributed by atoms with Gasteiger partial charge >= 0.3 is 6.18 Å². The number of amides is 2. The van der Waals surface area contributed by atoms with Crippen molar-refractivity contribution in [1.82, 2.24) is 15.1 Å². The highest BCUT2D eigenvalue weighted by Crippen LogP contribution is 2.42. The lowest BCUT2D eigenvalue weighted by Gasteiger charge is -2.18. The third-order valence-corrected chi connectivity index (χ3v) is 6.35. The highest BCUT2D eigenvalue weighted by molar-refractivity contribution is 6.31. The van der Waals surface area contributed by atoms with Crippen LogP contribution in [0.25, 0.3) is 10.9 Å². The normalized spacial score (nSPS) is 15.1. The Morgan fingerprint density at radius 1 is 1.14 bits per heavy atom. The number of hydrogen-bond donors (Lipinski definition) is 2. The molecule has 0 fully saturated rings. The molecule has 190 valence electrons. The molecule has 37 heavy (non-hydrogen) atoms. The van der Waals surface area contributed by atoms with E-state index in [1.54, 1.807) is 10.9 Å². The minimum Gasteiger partial charge on any atom is -0.341 e. The molecule has 4 aromatic rings. The summed E-state index contributed by atoms with van der Waals surface area (Å²) < 4.78 is 69.2. The summed E-state index contributed by atoms with van der Waals surface area (Å²) in [6.45, 7) is 2.29. The maximum Gasteiger partial charge on any atom is 0.416 e. The van der Waals surface area contributed by atoms with Gasteiger partial charge in [-0.05, 0) is 49.4 Å². The topological polar surface area (TPSA) is 76.0 Å². The molecule has 1 atom stereocenters. The second-order valence-corrected chi connectivity index (χ2v) is 8.80. The molecule has 0 radical (unpaired) electrons. The number of anilines is 1. The number of carbonyl (C=O) groups excluding carboxylic acids is 2. The quantitative estimate of drug-likeness (QED) is 0.311. The molecule has 0 spiro atoms. The number of halogens is 6. The Balaban J connectivity index is 1.68. The Kier molecular flexibility index (Phi) is 5.90. The number of alkyl halides is 3. The first-order chi connectivity index (χ1) is 17.5. The first kappa shape index (κ1) is 24.7. The van der Waals surface area contributed by atoms with Crippen molar-refractivity contribution in [3.05, 3.63) is 93.1 Å². The molecule has 1 aliphatic rings. The summed E-state index contributed by atoms with van der Waals surface area (Å²) in [5.74, 6) is -3.47. The highest BCUT2D eigenvalue weighted by atomic mass is 35.5. The maximum atomic E-state index is 14.1. The van der Waals surface area contributed by atoms with Crippen LogP contribution in [0.2, 0.25) is 5.02 Å². The number of aromatic nitrogens is 2. The van der Waals surface area contributed by atoms with E-state index in [4.69, 9.17) is 11.6 Å². The van der Waals surface area contributed by atoms with Crippen LogP contribution in [0.4, 0.5) is 27.6 Å². The van der Waals surface area contributed by atoms with Crippen LogP contribution in [0.3, 0.4) is 0 Å². The van der Waals surface area contributed by atoms with E-state index in [-0.39, 0.29) is 33.5 Å². The lowest BCUT2D eigenvalue weighted by molar-refractivity contribution is -0.137. The van der Waals surface area contributed by atoms with Crippen LogP contribution in [0, 0.1) is 11.6 Å². The summed E-state index contributed by atoms with van der Waals surface area (Å²) >= 11 is 6.29. The Hall–Kier alpha value is -3.99. The van der Waals surface area contributed by atoms with Crippen LogP contribution in [-0.4, -0.2) is 21.6 Å². The largest absolute Gasteiger partial charge is 0.416 e. The van der Waals surface area contributed by atoms with E-state index in [0.29, 0.717) is 29.6 Å². The summed E-state index contributed by atoms with van der Waals surface area (Å²) in [6.07, 6.45) is -3.24.